The molecule has 7 nitrogen and oxygen atoms in total. The molecule has 2 N–H and O–H groups in total. The predicted molar refractivity (Wildman–Crippen MR) is 93.1 cm³/mol. The van der Waals surface area contributed by atoms with Crippen LogP contribution in [0.5, 0.6) is 0 Å². The zero-order valence-electron chi connectivity index (χ0n) is 13.3. The summed E-state index contributed by atoms with van der Waals surface area (Å²) in [5.74, 6) is -1.18. The number of halogens is 1. The van der Waals surface area contributed by atoms with Gasteiger partial charge in [0.05, 0.1) is 22.5 Å². The number of nitrogens with zero attached hydrogens (tertiary/aromatic N) is 3. The van der Waals surface area contributed by atoms with Crippen LogP contribution in [-0.4, -0.2) is 38.3 Å². The van der Waals surface area contributed by atoms with E-state index in [1.165, 1.54) is 16.7 Å². The highest BCUT2D eigenvalue weighted by atomic mass is 79.9. The van der Waals surface area contributed by atoms with Crippen molar-refractivity contribution in [2.24, 2.45) is 5.73 Å². The van der Waals surface area contributed by atoms with Crippen LogP contribution in [0.2, 0.25) is 0 Å². The van der Waals surface area contributed by atoms with Gasteiger partial charge in [-0.3, -0.25) is 14.1 Å². The minimum Gasteiger partial charge on any atom is -0.543 e. The number of hydrogen-bond donors (Lipinski definition) is 1. The monoisotopic (exact) mass is 422 g/mol. The van der Waals surface area contributed by atoms with E-state index in [2.05, 4.69) is 15.9 Å². The standard InChI is InChI=1S/C16H15BrN4O3S/c1-8-10-2-3-11(17)20(10)5-4-19(8)6-9-7-25-15-12(18)14(22)21(15)13(9)16(23)24/h2-5,12,15H,6-7,18H2,1H3/t12?,15-/m1/s1. The number of carbonyl (C=O) groups excluding carboxylic acids is 2. The Morgan fingerprint density at radius 3 is 3.00 bits per heavy atom. The molecule has 0 bridgehead atoms. The van der Waals surface area contributed by atoms with E-state index in [0.717, 1.165) is 15.8 Å². The third-order valence-electron chi connectivity index (χ3n) is 4.71. The molecule has 4 heterocycles. The molecule has 0 spiro atoms. The number of aromatic nitrogens is 2. The van der Waals surface area contributed by atoms with E-state index in [-0.39, 0.29) is 17.0 Å². The van der Waals surface area contributed by atoms with E-state index in [0.29, 0.717) is 17.9 Å². The summed E-state index contributed by atoms with van der Waals surface area (Å²) in [5.41, 5.74) is 8.41. The number of β-lactam (4-membered cyclic amide) rings is 1. The Bertz CT molecular complexity index is 954. The average Bonchev–Trinajstić information content (AvgIpc) is 2.97. The van der Waals surface area contributed by atoms with Gasteiger partial charge in [-0.25, -0.2) is 0 Å². The summed E-state index contributed by atoms with van der Waals surface area (Å²) >= 11 is 4.98. The van der Waals surface area contributed by atoms with Gasteiger partial charge >= 0.3 is 0 Å². The van der Waals surface area contributed by atoms with E-state index < -0.39 is 12.0 Å². The van der Waals surface area contributed by atoms with Gasteiger partial charge in [-0.05, 0) is 28.1 Å². The van der Waals surface area contributed by atoms with Crippen LogP contribution >= 0.6 is 27.7 Å². The Kier molecular flexibility index (Phi) is 3.89. The zero-order valence-corrected chi connectivity index (χ0v) is 15.7. The molecule has 1 unspecified atom stereocenters. The molecule has 0 aromatic carbocycles. The average molecular weight is 423 g/mol. The summed E-state index contributed by atoms with van der Waals surface area (Å²) in [6.07, 6.45) is 3.81. The second-order valence-electron chi connectivity index (χ2n) is 6.10. The quantitative estimate of drug-likeness (QED) is 0.533. The van der Waals surface area contributed by atoms with Crippen molar-refractivity contribution in [2.75, 3.05) is 5.75 Å². The van der Waals surface area contributed by atoms with Gasteiger partial charge in [0.2, 0.25) is 11.6 Å². The molecule has 1 fully saturated rings. The molecule has 0 aliphatic carbocycles. The highest BCUT2D eigenvalue weighted by Gasteiger charge is 2.50. The Morgan fingerprint density at radius 2 is 2.28 bits per heavy atom. The fraction of sp³-hybridized carbons (Fsp3) is 0.312. The Hall–Kier alpha value is -1.84. The van der Waals surface area contributed by atoms with E-state index in [4.69, 9.17) is 5.73 Å². The molecule has 25 heavy (non-hydrogen) atoms. The third-order valence-corrected chi connectivity index (χ3v) is 6.72. The van der Waals surface area contributed by atoms with Crippen molar-refractivity contribution in [1.82, 2.24) is 9.30 Å². The molecule has 9 heteroatoms. The lowest BCUT2D eigenvalue weighted by molar-refractivity contribution is -0.694. The molecule has 4 rings (SSSR count). The van der Waals surface area contributed by atoms with Gasteiger partial charge in [0.25, 0.3) is 0 Å². The summed E-state index contributed by atoms with van der Waals surface area (Å²) < 4.78 is 4.93. The number of aliphatic carboxylic acids is 1. The maximum atomic E-state index is 12.0. The number of fused-ring (bicyclic) bond motifs is 2. The number of amides is 1. The molecule has 130 valence electrons. The fourth-order valence-electron chi connectivity index (χ4n) is 3.34. The van der Waals surface area contributed by atoms with Crippen molar-refractivity contribution in [1.29, 1.82) is 0 Å². The number of hydrogen-bond acceptors (Lipinski definition) is 5. The predicted octanol–water partition coefficient (Wildman–Crippen LogP) is -0.456. The summed E-state index contributed by atoms with van der Waals surface area (Å²) in [5, 5.41) is 11.4. The summed E-state index contributed by atoms with van der Waals surface area (Å²) in [7, 11) is 0. The first kappa shape index (κ1) is 16.6. The Morgan fingerprint density at radius 1 is 1.52 bits per heavy atom. The van der Waals surface area contributed by atoms with Crippen molar-refractivity contribution in [3.05, 3.63) is 46.1 Å². The zero-order chi connectivity index (χ0) is 17.9. The van der Waals surface area contributed by atoms with Crippen LogP contribution in [-0.2, 0) is 16.1 Å². The van der Waals surface area contributed by atoms with Gasteiger partial charge in [0.15, 0.2) is 12.7 Å². The van der Waals surface area contributed by atoms with Gasteiger partial charge in [0.1, 0.15) is 16.9 Å². The first-order valence-electron chi connectivity index (χ1n) is 7.69. The molecule has 2 atom stereocenters. The number of carboxylic acids is 1. The minimum atomic E-state index is -1.33. The lowest BCUT2D eigenvalue weighted by Gasteiger charge is -2.49. The molecule has 2 aliphatic heterocycles. The van der Waals surface area contributed by atoms with Gasteiger partial charge in [-0.2, -0.15) is 4.57 Å². The van der Waals surface area contributed by atoms with Crippen molar-refractivity contribution in [3.8, 4) is 0 Å². The van der Waals surface area contributed by atoms with Crippen molar-refractivity contribution < 1.29 is 19.3 Å². The topological polar surface area (TPSA) is 94.8 Å². The molecule has 2 aromatic heterocycles. The first-order valence-corrected chi connectivity index (χ1v) is 9.53. The van der Waals surface area contributed by atoms with Gasteiger partial charge in [-0.1, -0.05) is 0 Å². The van der Waals surface area contributed by atoms with Gasteiger partial charge < -0.3 is 15.6 Å². The SMILES string of the molecule is Cc1c2ccc(Br)n2cc[n+]1CC1=C(C(=O)[O-])N2C(=O)C(N)[C@H]2SC1. The minimum absolute atomic E-state index is 0.0289. The lowest BCUT2D eigenvalue weighted by Crippen LogP contribution is -2.69. The molecule has 1 saturated heterocycles. The summed E-state index contributed by atoms with van der Waals surface area (Å²) in [6.45, 7) is 2.36. The van der Waals surface area contributed by atoms with Crippen LogP contribution in [0, 0.1) is 6.92 Å². The highest BCUT2D eigenvalue weighted by Crippen LogP contribution is 2.39. The van der Waals surface area contributed by atoms with E-state index in [9.17, 15) is 14.7 Å². The number of nitrogens with two attached hydrogens (primary N) is 1. The summed E-state index contributed by atoms with van der Waals surface area (Å²) in [4.78, 5) is 24.9. The van der Waals surface area contributed by atoms with Crippen LogP contribution in [0.4, 0.5) is 0 Å². The summed E-state index contributed by atoms with van der Waals surface area (Å²) in [6, 6.07) is 3.32. The van der Waals surface area contributed by atoms with E-state index in [1.54, 1.807) is 0 Å². The third kappa shape index (κ3) is 2.41. The second kappa shape index (κ2) is 5.86. The lowest BCUT2D eigenvalue weighted by atomic mass is 10.0. The van der Waals surface area contributed by atoms with Crippen molar-refractivity contribution in [3.63, 3.8) is 0 Å². The maximum Gasteiger partial charge on any atom is 0.248 e. The van der Waals surface area contributed by atoms with E-state index >= 15 is 0 Å². The molecule has 2 aliphatic rings. The number of thioether (sulfide) groups is 1. The number of rotatable bonds is 3. The number of carboxylic acid groups (broad SMARTS) is 1. The molecule has 1 amide bonds. The van der Waals surface area contributed by atoms with Crippen LogP contribution in [0.25, 0.3) is 5.52 Å². The Labute approximate surface area is 156 Å². The van der Waals surface area contributed by atoms with Crippen molar-refractivity contribution >= 4 is 45.1 Å². The largest absolute Gasteiger partial charge is 0.543 e. The second-order valence-corrected chi connectivity index (χ2v) is 8.02. The van der Waals surface area contributed by atoms with Crippen LogP contribution < -0.4 is 15.4 Å². The maximum absolute atomic E-state index is 12.0. The van der Waals surface area contributed by atoms with Gasteiger partial charge in [-0.15, -0.1) is 11.8 Å². The first-order chi connectivity index (χ1) is 11.9. The Balaban J connectivity index is 1.75. The number of carbonyl (C=O) groups is 2. The number of aryl methyl sites for hydroxylation is 1. The van der Waals surface area contributed by atoms with Crippen LogP contribution in [0.1, 0.15) is 5.69 Å². The molecule has 0 radical (unpaired) electrons. The molecule has 2 aromatic rings. The molecular formula is C16H15BrN4O3S. The van der Waals surface area contributed by atoms with Gasteiger partial charge in [0, 0.05) is 18.2 Å². The normalized spacial score (nSPS) is 23.0. The smallest absolute Gasteiger partial charge is 0.248 e. The van der Waals surface area contributed by atoms with E-state index in [1.807, 2.05) is 40.4 Å². The molecular weight excluding hydrogens is 408 g/mol. The van der Waals surface area contributed by atoms with Crippen LogP contribution in [0.15, 0.2) is 40.4 Å². The van der Waals surface area contributed by atoms with Crippen LogP contribution in [0.3, 0.4) is 0 Å². The fourth-order valence-corrected chi connectivity index (χ4v) is 5.07. The highest BCUT2D eigenvalue weighted by molar-refractivity contribution is 9.10. The molecule has 0 saturated carbocycles. The van der Waals surface area contributed by atoms with Crippen molar-refractivity contribution in [2.45, 2.75) is 24.9 Å².